The summed E-state index contributed by atoms with van der Waals surface area (Å²) in [6.07, 6.45) is -4.49. The number of aromatic nitrogens is 4. The van der Waals surface area contributed by atoms with Crippen molar-refractivity contribution in [3.05, 3.63) is 104 Å². The molecule has 232 valence electrons. The molecule has 1 aliphatic heterocycles. The van der Waals surface area contributed by atoms with Gasteiger partial charge in [-0.1, -0.05) is 66.5 Å². The number of nitrogens with zero attached hydrogens (tertiary/aromatic N) is 5. The highest BCUT2D eigenvalue weighted by atomic mass is 35.5. The lowest BCUT2D eigenvalue weighted by Gasteiger charge is -2.48. The van der Waals surface area contributed by atoms with Crippen LogP contribution in [0.3, 0.4) is 0 Å². The Morgan fingerprint density at radius 1 is 0.956 bits per heavy atom. The molecule has 0 aliphatic carbocycles. The lowest BCUT2D eigenvalue weighted by atomic mass is 9.89. The van der Waals surface area contributed by atoms with E-state index in [1.807, 2.05) is 6.92 Å². The van der Waals surface area contributed by atoms with Gasteiger partial charge in [0.05, 0.1) is 23.4 Å². The van der Waals surface area contributed by atoms with Crippen molar-refractivity contribution < 1.29 is 18.0 Å². The van der Waals surface area contributed by atoms with Crippen molar-refractivity contribution in [2.75, 3.05) is 24.5 Å². The highest BCUT2D eigenvalue weighted by molar-refractivity contribution is 6.31. The molecule has 1 aliphatic rings. The molecule has 0 bridgehead atoms. The number of hydrogen-bond acceptors (Lipinski definition) is 6. The van der Waals surface area contributed by atoms with E-state index in [0.29, 0.717) is 44.5 Å². The minimum Gasteiger partial charge on any atom is -0.368 e. The van der Waals surface area contributed by atoms with Crippen LogP contribution in [0.2, 0.25) is 10.0 Å². The van der Waals surface area contributed by atoms with Crippen LogP contribution in [0.25, 0.3) is 28.0 Å². The number of anilines is 1. The van der Waals surface area contributed by atoms with Gasteiger partial charge in [0, 0.05) is 28.7 Å². The van der Waals surface area contributed by atoms with Gasteiger partial charge in [0.2, 0.25) is 11.9 Å². The second-order valence-corrected chi connectivity index (χ2v) is 11.6. The molecule has 3 aromatic carbocycles. The number of halogens is 5. The third-order valence-corrected chi connectivity index (χ3v) is 8.27. The van der Waals surface area contributed by atoms with Gasteiger partial charge in [0.15, 0.2) is 5.65 Å². The standard InChI is InChI=1S/C31H26Cl2F3N7O2/c1-2-38-30(27(37)44)16-41(17-30)28-39-25(20-7-13-23(33)14-8-20)24(19-5-11-22(32)12-6-19)26-40-42(29(45)43(26)28)15-18-3-9-21(10-4-18)31(34,35)36/h3-14,38H,2,15-17H2,1H3,(H2,37,44). The predicted octanol–water partition coefficient (Wildman–Crippen LogP) is 5.25. The molecule has 2 aromatic heterocycles. The van der Waals surface area contributed by atoms with Crippen LogP contribution in [0.1, 0.15) is 18.1 Å². The molecule has 14 heteroatoms. The van der Waals surface area contributed by atoms with Crippen LogP contribution in [-0.4, -0.2) is 50.2 Å². The average Bonchev–Trinajstić information content (AvgIpc) is 3.30. The molecule has 6 rings (SSSR count). The Labute approximate surface area is 265 Å². The first-order chi connectivity index (χ1) is 21.4. The second kappa shape index (κ2) is 11.5. The van der Waals surface area contributed by atoms with Crippen molar-refractivity contribution in [2.24, 2.45) is 5.73 Å². The summed E-state index contributed by atoms with van der Waals surface area (Å²) in [4.78, 5) is 33.2. The molecule has 45 heavy (non-hydrogen) atoms. The fourth-order valence-electron chi connectivity index (χ4n) is 5.49. The quantitative estimate of drug-likeness (QED) is 0.236. The number of carbonyl (C=O) groups excluding carboxylic acids is 1. The van der Waals surface area contributed by atoms with E-state index < -0.39 is 28.9 Å². The van der Waals surface area contributed by atoms with Gasteiger partial charge in [-0.2, -0.15) is 13.2 Å². The second-order valence-electron chi connectivity index (χ2n) is 10.8. The van der Waals surface area contributed by atoms with E-state index in [1.165, 1.54) is 21.2 Å². The van der Waals surface area contributed by atoms with Crippen LogP contribution >= 0.6 is 23.2 Å². The molecule has 0 radical (unpaired) electrons. The number of nitrogens with one attached hydrogen (secondary N) is 1. The Balaban J connectivity index is 1.57. The summed E-state index contributed by atoms with van der Waals surface area (Å²) in [5.74, 6) is -0.302. The van der Waals surface area contributed by atoms with Gasteiger partial charge in [-0.05, 0) is 54.1 Å². The molecule has 0 saturated carbocycles. The summed E-state index contributed by atoms with van der Waals surface area (Å²) in [5, 5.41) is 8.87. The maximum Gasteiger partial charge on any atom is 0.416 e. The Bertz CT molecular complexity index is 1950. The number of fused-ring (bicyclic) bond motifs is 1. The first-order valence-electron chi connectivity index (χ1n) is 13.9. The van der Waals surface area contributed by atoms with E-state index in [2.05, 4.69) is 5.32 Å². The van der Waals surface area contributed by atoms with Crippen molar-refractivity contribution in [3.63, 3.8) is 0 Å². The number of benzene rings is 3. The van der Waals surface area contributed by atoms with E-state index in [1.54, 1.807) is 53.4 Å². The number of nitrogens with two attached hydrogens (primary N) is 1. The van der Waals surface area contributed by atoms with Crippen molar-refractivity contribution >= 4 is 40.7 Å². The van der Waals surface area contributed by atoms with E-state index in [-0.39, 0.29) is 31.2 Å². The number of primary amides is 1. The monoisotopic (exact) mass is 655 g/mol. The van der Waals surface area contributed by atoms with Crippen LogP contribution < -0.4 is 21.6 Å². The maximum atomic E-state index is 14.0. The van der Waals surface area contributed by atoms with Gasteiger partial charge in [0.1, 0.15) is 5.54 Å². The van der Waals surface area contributed by atoms with Gasteiger partial charge < -0.3 is 16.0 Å². The average molecular weight is 656 g/mol. The summed E-state index contributed by atoms with van der Waals surface area (Å²) in [6.45, 7) is 2.55. The van der Waals surface area contributed by atoms with Gasteiger partial charge in [-0.15, -0.1) is 5.10 Å². The first kappa shape index (κ1) is 30.6. The number of alkyl halides is 3. The minimum absolute atomic E-state index is 0.100. The molecule has 1 fully saturated rings. The van der Waals surface area contributed by atoms with E-state index >= 15 is 0 Å². The zero-order chi connectivity index (χ0) is 32.1. The Morgan fingerprint density at radius 2 is 1.53 bits per heavy atom. The third-order valence-electron chi connectivity index (χ3n) is 7.77. The normalized spacial score (nSPS) is 14.5. The smallest absolute Gasteiger partial charge is 0.368 e. The summed E-state index contributed by atoms with van der Waals surface area (Å²) in [5.41, 5.74) is 6.44. The molecule has 0 atom stereocenters. The van der Waals surface area contributed by atoms with Gasteiger partial charge in [-0.25, -0.2) is 18.9 Å². The topological polar surface area (TPSA) is 111 Å². The lowest BCUT2D eigenvalue weighted by molar-refractivity contribution is -0.137. The number of likely N-dealkylation sites (N-methyl/N-ethyl adjacent to an activating group) is 1. The van der Waals surface area contributed by atoms with Crippen LogP contribution in [0.4, 0.5) is 19.1 Å². The molecule has 3 heterocycles. The number of rotatable bonds is 8. The molecule has 5 aromatic rings. The van der Waals surface area contributed by atoms with Crippen molar-refractivity contribution in [1.82, 2.24) is 24.5 Å². The fourth-order valence-corrected chi connectivity index (χ4v) is 5.74. The summed E-state index contributed by atoms with van der Waals surface area (Å²) < 4.78 is 42.0. The minimum atomic E-state index is -4.49. The fraction of sp³-hybridized carbons (Fsp3) is 0.226. The van der Waals surface area contributed by atoms with Crippen LogP contribution in [0, 0.1) is 0 Å². The van der Waals surface area contributed by atoms with E-state index in [4.69, 9.17) is 39.0 Å². The molecule has 1 saturated heterocycles. The zero-order valence-electron chi connectivity index (χ0n) is 23.8. The molecule has 1 amide bonds. The van der Waals surface area contributed by atoms with Crippen LogP contribution in [-0.2, 0) is 17.5 Å². The number of amides is 1. The zero-order valence-corrected chi connectivity index (χ0v) is 25.3. The van der Waals surface area contributed by atoms with Crippen molar-refractivity contribution in [2.45, 2.75) is 25.2 Å². The molecular formula is C31H26Cl2F3N7O2. The third kappa shape index (κ3) is 5.65. The molecule has 0 spiro atoms. The Hall–Kier alpha value is -4.39. The molecule has 3 N–H and O–H groups in total. The highest BCUT2D eigenvalue weighted by Crippen LogP contribution is 2.38. The van der Waals surface area contributed by atoms with Gasteiger partial charge in [-0.3, -0.25) is 4.79 Å². The number of carbonyl (C=O) groups is 1. The largest absolute Gasteiger partial charge is 0.416 e. The van der Waals surface area contributed by atoms with Crippen molar-refractivity contribution in [3.8, 4) is 22.4 Å². The summed E-state index contributed by atoms with van der Waals surface area (Å²) in [7, 11) is 0. The SMILES string of the molecule is CCNC1(C(N)=O)CN(c2nc(-c3ccc(Cl)cc3)c(-c3ccc(Cl)cc3)c3nn(Cc4ccc(C(F)(F)F)cc4)c(=O)n23)C1. The highest BCUT2D eigenvalue weighted by Gasteiger charge is 2.49. The van der Waals surface area contributed by atoms with Gasteiger partial charge >= 0.3 is 11.9 Å². The predicted molar refractivity (Wildman–Crippen MR) is 167 cm³/mol. The van der Waals surface area contributed by atoms with E-state index in [0.717, 1.165) is 12.1 Å². The summed E-state index contributed by atoms with van der Waals surface area (Å²) in [6, 6.07) is 18.6. The van der Waals surface area contributed by atoms with Gasteiger partial charge in [0.25, 0.3) is 0 Å². The number of hydrogen-bond donors (Lipinski definition) is 2. The summed E-state index contributed by atoms with van der Waals surface area (Å²) >= 11 is 12.4. The Morgan fingerprint density at radius 3 is 2.07 bits per heavy atom. The van der Waals surface area contributed by atoms with Crippen LogP contribution in [0.5, 0.6) is 0 Å². The lowest BCUT2D eigenvalue weighted by Crippen LogP contribution is -2.75. The molecular weight excluding hydrogens is 630 g/mol. The van der Waals surface area contributed by atoms with Crippen molar-refractivity contribution in [1.29, 1.82) is 0 Å². The van der Waals surface area contributed by atoms with E-state index in [9.17, 15) is 22.8 Å². The first-order valence-corrected chi connectivity index (χ1v) is 14.7. The van der Waals surface area contributed by atoms with Crippen LogP contribution in [0.15, 0.2) is 77.6 Å². The molecule has 0 unspecified atom stereocenters. The molecule has 9 nitrogen and oxygen atoms in total. The maximum absolute atomic E-state index is 14.0. The Kier molecular flexibility index (Phi) is 7.84.